The minimum absolute atomic E-state index is 0.373. The summed E-state index contributed by atoms with van der Waals surface area (Å²) in [6.07, 6.45) is 0. The lowest BCUT2D eigenvalue weighted by Crippen LogP contribution is -2.21. The van der Waals surface area contributed by atoms with Gasteiger partial charge in [-0.05, 0) is 24.3 Å². The number of rotatable bonds is 5. The Balaban J connectivity index is 1.95. The van der Waals surface area contributed by atoms with Crippen LogP contribution in [0.4, 0.5) is 11.7 Å². The molecule has 0 unspecified atom stereocenters. The second kappa shape index (κ2) is 5.84. The Hall–Kier alpha value is -1.59. The van der Waals surface area contributed by atoms with Crippen molar-refractivity contribution in [2.75, 3.05) is 5.32 Å². The summed E-state index contributed by atoms with van der Waals surface area (Å²) in [5.41, 5.74) is 0.853. The fraction of sp³-hybridized carbons (Fsp3) is 0.333. The summed E-state index contributed by atoms with van der Waals surface area (Å²) in [4.78, 5) is 0. The van der Waals surface area contributed by atoms with Crippen molar-refractivity contribution in [3.63, 3.8) is 0 Å². The van der Waals surface area contributed by atoms with Gasteiger partial charge in [0.1, 0.15) is 0 Å². The van der Waals surface area contributed by atoms with E-state index in [1.807, 2.05) is 12.1 Å². The first kappa shape index (κ1) is 12.9. The van der Waals surface area contributed by atoms with E-state index in [0.29, 0.717) is 29.5 Å². The highest BCUT2D eigenvalue weighted by molar-refractivity contribution is 6.30. The predicted octanol–water partition coefficient (Wildman–Crippen LogP) is 2.96. The van der Waals surface area contributed by atoms with E-state index in [2.05, 4.69) is 34.7 Å². The topological polar surface area (TPSA) is 63.0 Å². The van der Waals surface area contributed by atoms with Gasteiger partial charge in [-0.15, -0.1) is 5.10 Å². The molecule has 6 heteroatoms. The molecule has 1 aromatic heterocycles. The molecule has 5 nitrogen and oxygen atoms in total. The number of halogens is 1. The van der Waals surface area contributed by atoms with Gasteiger partial charge in [0.25, 0.3) is 0 Å². The Morgan fingerprint density at radius 1 is 1.22 bits per heavy atom. The third-order valence-corrected chi connectivity index (χ3v) is 2.48. The molecule has 0 atom stereocenters. The van der Waals surface area contributed by atoms with Crippen molar-refractivity contribution in [1.82, 2.24) is 15.5 Å². The molecule has 18 heavy (non-hydrogen) atoms. The highest BCUT2D eigenvalue weighted by atomic mass is 35.5. The van der Waals surface area contributed by atoms with Crippen molar-refractivity contribution in [1.29, 1.82) is 0 Å². The van der Waals surface area contributed by atoms with Crippen LogP contribution in [0.1, 0.15) is 19.7 Å². The molecule has 0 amide bonds. The summed E-state index contributed by atoms with van der Waals surface area (Å²) in [5, 5.41) is 14.8. The predicted molar refractivity (Wildman–Crippen MR) is 71.0 cm³/mol. The van der Waals surface area contributed by atoms with Gasteiger partial charge in [-0.1, -0.05) is 30.5 Å². The fourth-order valence-electron chi connectivity index (χ4n) is 1.32. The SMILES string of the molecule is CC(C)NCc1nnc(Nc2ccc(Cl)cc2)o1. The standard InChI is InChI=1S/C12H15ClN4O/c1-8(2)14-7-11-16-17-12(18-11)15-10-5-3-9(13)4-6-10/h3-6,8,14H,7H2,1-2H3,(H,15,17). The fourth-order valence-corrected chi connectivity index (χ4v) is 1.45. The molecule has 0 saturated heterocycles. The summed E-state index contributed by atoms with van der Waals surface area (Å²) >= 11 is 5.80. The number of hydrogen-bond acceptors (Lipinski definition) is 5. The number of benzene rings is 1. The highest BCUT2D eigenvalue weighted by Gasteiger charge is 2.06. The molecule has 2 rings (SSSR count). The van der Waals surface area contributed by atoms with Gasteiger partial charge in [0.05, 0.1) is 6.54 Å². The van der Waals surface area contributed by atoms with Crippen LogP contribution in [0.15, 0.2) is 28.7 Å². The van der Waals surface area contributed by atoms with E-state index in [9.17, 15) is 0 Å². The number of nitrogens with one attached hydrogen (secondary N) is 2. The number of hydrogen-bond donors (Lipinski definition) is 2. The van der Waals surface area contributed by atoms with Crippen molar-refractivity contribution in [2.45, 2.75) is 26.4 Å². The molecule has 0 bridgehead atoms. The maximum Gasteiger partial charge on any atom is 0.320 e. The van der Waals surface area contributed by atoms with Gasteiger partial charge in [-0.3, -0.25) is 0 Å². The van der Waals surface area contributed by atoms with E-state index in [1.54, 1.807) is 12.1 Å². The van der Waals surface area contributed by atoms with Crippen LogP contribution < -0.4 is 10.6 Å². The lowest BCUT2D eigenvalue weighted by molar-refractivity contribution is 0.460. The van der Waals surface area contributed by atoms with Gasteiger partial charge in [0.2, 0.25) is 5.89 Å². The zero-order chi connectivity index (χ0) is 13.0. The molecule has 2 aromatic rings. The van der Waals surface area contributed by atoms with E-state index >= 15 is 0 Å². The third-order valence-electron chi connectivity index (χ3n) is 2.22. The number of nitrogens with zero attached hydrogens (tertiary/aromatic N) is 2. The lowest BCUT2D eigenvalue weighted by atomic mass is 10.3. The molecule has 1 aromatic carbocycles. The van der Waals surface area contributed by atoms with E-state index in [1.165, 1.54) is 0 Å². The summed E-state index contributed by atoms with van der Waals surface area (Å²) in [7, 11) is 0. The van der Waals surface area contributed by atoms with Crippen LogP contribution in [0.2, 0.25) is 5.02 Å². The second-order valence-corrected chi connectivity index (χ2v) is 4.60. The van der Waals surface area contributed by atoms with Crippen LogP contribution in [0.25, 0.3) is 0 Å². The summed E-state index contributed by atoms with van der Waals surface area (Å²) in [6, 6.07) is 8.03. The quantitative estimate of drug-likeness (QED) is 0.871. The first-order chi connectivity index (χ1) is 8.63. The Labute approximate surface area is 111 Å². The summed E-state index contributed by atoms with van der Waals surface area (Å²) in [6.45, 7) is 4.68. The maximum absolute atomic E-state index is 5.80. The Bertz CT molecular complexity index is 495. The molecule has 0 radical (unpaired) electrons. The Morgan fingerprint density at radius 2 is 1.94 bits per heavy atom. The number of anilines is 2. The molecule has 0 aliphatic heterocycles. The second-order valence-electron chi connectivity index (χ2n) is 4.17. The maximum atomic E-state index is 5.80. The average Bonchev–Trinajstić information content (AvgIpc) is 2.77. The molecule has 0 aliphatic rings. The third kappa shape index (κ3) is 3.72. The largest absolute Gasteiger partial charge is 0.406 e. The van der Waals surface area contributed by atoms with Crippen LogP contribution in [0.3, 0.4) is 0 Å². The first-order valence-electron chi connectivity index (χ1n) is 5.72. The van der Waals surface area contributed by atoms with Gasteiger partial charge in [0, 0.05) is 16.8 Å². The zero-order valence-electron chi connectivity index (χ0n) is 10.3. The van der Waals surface area contributed by atoms with Gasteiger partial charge >= 0.3 is 6.01 Å². The molecular formula is C12H15ClN4O. The van der Waals surface area contributed by atoms with Crippen molar-refractivity contribution in [3.8, 4) is 0 Å². The minimum atomic E-state index is 0.373. The normalized spacial score (nSPS) is 10.9. The van der Waals surface area contributed by atoms with Crippen LogP contribution >= 0.6 is 11.6 Å². The average molecular weight is 267 g/mol. The summed E-state index contributed by atoms with van der Waals surface area (Å²) < 4.78 is 5.44. The van der Waals surface area contributed by atoms with Crippen LogP contribution in [0.5, 0.6) is 0 Å². The van der Waals surface area contributed by atoms with Gasteiger partial charge in [-0.25, -0.2) is 0 Å². The molecule has 2 N–H and O–H groups in total. The zero-order valence-corrected chi connectivity index (χ0v) is 11.0. The molecule has 0 spiro atoms. The van der Waals surface area contributed by atoms with Gasteiger partial charge in [0.15, 0.2) is 0 Å². The van der Waals surface area contributed by atoms with Crippen molar-refractivity contribution in [3.05, 3.63) is 35.2 Å². The highest BCUT2D eigenvalue weighted by Crippen LogP contribution is 2.17. The van der Waals surface area contributed by atoms with Crippen LogP contribution in [0, 0.1) is 0 Å². The van der Waals surface area contributed by atoms with Crippen molar-refractivity contribution in [2.24, 2.45) is 0 Å². The van der Waals surface area contributed by atoms with E-state index in [4.69, 9.17) is 16.0 Å². The monoisotopic (exact) mass is 266 g/mol. The van der Waals surface area contributed by atoms with E-state index < -0.39 is 0 Å². The molecule has 0 saturated carbocycles. The molecular weight excluding hydrogens is 252 g/mol. The van der Waals surface area contributed by atoms with Crippen LogP contribution in [-0.4, -0.2) is 16.2 Å². The van der Waals surface area contributed by atoms with Gasteiger partial charge < -0.3 is 15.1 Å². The smallest absolute Gasteiger partial charge is 0.320 e. The lowest BCUT2D eigenvalue weighted by Gasteiger charge is -2.03. The minimum Gasteiger partial charge on any atom is -0.406 e. The Morgan fingerprint density at radius 3 is 2.61 bits per heavy atom. The van der Waals surface area contributed by atoms with E-state index in [-0.39, 0.29) is 0 Å². The molecule has 96 valence electrons. The molecule has 1 heterocycles. The summed E-state index contributed by atoms with van der Waals surface area (Å²) in [5.74, 6) is 0.556. The van der Waals surface area contributed by atoms with Gasteiger partial charge in [-0.2, -0.15) is 0 Å². The van der Waals surface area contributed by atoms with Crippen LogP contribution in [-0.2, 0) is 6.54 Å². The Kier molecular flexibility index (Phi) is 4.17. The van der Waals surface area contributed by atoms with E-state index in [0.717, 1.165) is 5.69 Å². The molecule has 0 fully saturated rings. The van der Waals surface area contributed by atoms with Crippen molar-refractivity contribution >= 4 is 23.3 Å². The first-order valence-corrected chi connectivity index (χ1v) is 6.09. The molecule has 0 aliphatic carbocycles. The van der Waals surface area contributed by atoms with Crippen molar-refractivity contribution < 1.29 is 4.42 Å². The number of aromatic nitrogens is 2.